The van der Waals surface area contributed by atoms with Gasteiger partial charge in [-0.1, -0.05) is 0 Å². The summed E-state index contributed by atoms with van der Waals surface area (Å²) in [5.41, 5.74) is 4.22. The zero-order chi connectivity index (χ0) is 22.5. The van der Waals surface area contributed by atoms with Crippen molar-refractivity contribution in [1.29, 1.82) is 0 Å². The van der Waals surface area contributed by atoms with E-state index in [9.17, 15) is 9.59 Å². The zero-order valence-corrected chi connectivity index (χ0v) is 18.4. The molecule has 0 saturated heterocycles. The Bertz CT molecular complexity index is 1230. The van der Waals surface area contributed by atoms with E-state index in [0.29, 0.717) is 30.0 Å². The number of amides is 1. The van der Waals surface area contributed by atoms with E-state index in [1.54, 1.807) is 55.2 Å². The van der Waals surface area contributed by atoms with Gasteiger partial charge in [0.2, 0.25) is 0 Å². The van der Waals surface area contributed by atoms with E-state index >= 15 is 0 Å². The number of hydrogen-bond acceptors (Lipinski definition) is 7. The number of nitrogens with one attached hydrogen (secondary N) is 1. The predicted octanol–water partition coefficient (Wildman–Crippen LogP) is 3.81. The first-order valence-electron chi connectivity index (χ1n) is 10.0. The topological polar surface area (TPSA) is 99.0 Å². The summed E-state index contributed by atoms with van der Waals surface area (Å²) in [4.78, 5) is 33.1. The summed E-state index contributed by atoms with van der Waals surface area (Å²) >= 11 is 1.50. The van der Waals surface area contributed by atoms with E-state index < -0.39 is 5.97 Å². The number of hydrogen-bond donors (Lipinski definition) is 1. The largest absolute Gasteiger partial charge is 0.462 e. The van der Waals surface area contributed by atoms with Gasteiger partial charge < -0.3 is 10.1 Å². The van der Waals surface area contributed by atoms with Crippen LogP contribution in [0.1, 0.15) is 38.3 Å². The summed E-state index contributed by atoms with van der Waals surface area (Å²) < 4.78 is 6.69. The summed E-state index contributed by atoms with van der Waals surface area (Å²) in [6, 6.07) is 10.8. The first-order chi connectivity index (χ1) is 15.6. The Morgan fingerprint density at radius 3 is 2.59 bits per heavy atom. The molecule has 0 aliphatic heterocycles. The van der Waals surface area contributed by atoms with Crippen molar-refractivity contribution < 1.29 is 14.3 Å². The Hall–Kier alpha value is -3.85. The van der Waals surface area contributed by atoms with Gasteiger partial charge in [0.25, 0.3) is 5.91 Å². The summed E-state index contributed by atoms with van der Waals surface area (Å²) in [7, 11) is 0. The van der Waals surface area contributed by atoms with Crippen LogP contribution in [0.5, 0.6) is 0 Å². The lowest BCUT2D eigenvalue weighted by atomic mass is 10.2. The molecule has 1 aromatic carbocycles. The summed E-state index contributed by atoms with van der Waals surface area (Å²) in [5, 5.41) is 9.95. The number of carbonyl (C=O) groups is 2. The number of esters is 1. The number of thiazole rings is 1. The molecule has 1 N–H and O–H groups in total. The Kier molecular flexibility index (Phi) is 6.37. The monoisotopic (exact) mass is 447 g/mol. The van der Waals surface area contributed by atoms with E-state index in [2.05, 4.69) is 20.4 Å². The van der Waals surface area contributed by atoms with Gasteiger partial charge in [0.1, 0.15) is 10.6 Å². The number of ether oxygens (including phenoxy) is 1. The van der Waals surface area contributed by atoms with Crippen molar-refractivity contribution in [3.8, 4) is 16.9 Å². The van der Waals surface area contributed by atoms with Crippen molar-refractivity contribution in [2.75, 3.05) is 6.61 Å². The highest BCUT2D eigenvalue weighted by Crippen LogP contribution is 2.21. The van der Waals surface area contributed by atoms with Crippen molar-refractivity contribution >= 4 is 23.2 Å². The zero-order valence-electron chi connectivity index (χ0n) is 17.6. The molecule has 1 amide bonds. The van der Waals surface area contributed by atoms with Crippen molar-refractivity contribution in [2.24, 2.45) is 0 Å². The van der Waals surface area contributed by atoms with Crippen LogP contribution >= 0.6 is 11.3 Å². The van der Waals surface area contributed by atoms with Gasteiger partial charge in [-0.25, -0.2) is 14.5 Å². The van der Waals surface area contributed by atoms with Crippen LogP contribution in [0.3, 0.4) is 0 Å². The highest BCUT2D eigenvalue weighted by Gasteiger charge is 2.16. The quantitative estimate of drug-likeness (QED) is 0.433. The van der Waals surface area contributed by atoms with Gasteiger partial charge in [-0.05, 0) is 50.2 Å². The lowest BCUT2D eigenvalue weighted by Gasteiger charge is -2.07. The van der Waals surface area contributed by atoms with Gasteiger partial charge in [-0.15, -0.1) is 11.3 Å². The molecule has 0 saturated carbocycles. The molecular formula is C23H21N5O3S. The van der Waals surface area contributed by atoms with Crippen LogP contribution in [-0.2, 0) is 11.3 Å². The highest BCUT2D eigenvalue weighted by molar-refractivity contribution is 7.09. The third-order valence-electron chi connectivity index (χ3n) is 4.81. The van der Waals surface area contributed by atoms with Gasteiger partial charge in [-0.3, -0.25) is 9.78 Å². The Labute approximate surface area is 188 Å². The van der Waals surface area contributed by atoms with Crippen molar-refractivity contribution in [2.45, 2.75) is 20.4 Å². The molecule has 0 aliphatic carbocycles. The van der Waals surface area contributed by atoms with Gasteiger partial charge in [0, 0.05) is 28.9 Å². The first-order valence-corrected chi connectivity index (χ1v) is 10.9. The molecule has 0 radical (unpaired) electrons. The summed E-state index contributed by atoms with van der Waals surface area (Å²) in [6.45, 7) is 4.21. The standard InChI is InChI=1S/C23H21N5O3S/c1-3-31-23(30)19-12-26-28(15(19)2)18-6-4-17(5-7-18)22(29)25-13-21-27-20(14-32-21)16-8-10-24-11-9-16/h4-12,14H,3,13H2,1-2H3,(H,25,29). The van der Waals surface area contributed by atoms with Crippen molar-refractivity contribution in [3.05, 3.63) is 82.2 Å². The number of carbonyl (C=O) groups excluding carboxylic acids is 2. The van der Waals surface area contributed by atoms with Crippen LogP contribution in [0.15, 0.2) is 60.4 Å². The van der Waals surface area contributed by atoms with Gasteiger partial charge in [0.15, 0.2) is 0 Å². The first kappa shape index (κ1) is 21.4. The van der Waals surface area contributed by atoms with Crippen LogP contribution in [0, 0.1) is 6.92 Å². The lowest BCUT2D eigenvalue weighted by molar-refractivity contribution is 0.0525. The van der Waals surface area contributed by atoms with Crippen LogP contribution in [0.2, 0.25) is 0 Å². The number of nitrogens with zero attached hydrogens (tertiary/aromatic N) is 4. The van der Waals surface area contributed by atoms with Crippen molar-refractivity contribution in [3.63, 3.8) is 0 Å². The number of pyridine rings is 1. The smallest absolute Gasteiger partial charge is 0.341 e. The fraction of sp³-hybridized carbons (Fsp3) is 0.174. The van der Waals surface area contributed by atoms with E-state index in [1.165, 1.54) is 17.5 Å². The minimum Gasteiger partial charge on any atom is -0.462 e. The fourth-order valence-electron chi connectivity index (χ4n) is 3.14. The van der Waals surface area contributed by atoms with Crippen LogP contribution in [0.4, 0.5) is 0 Å². The van der Waals surface area contributed by atoms with Gasteiger partial charge in [-0.2, -0.15) is 5.10 Å². The molecule has 0 atom stereocenters. The Morgan fingerprint density at radius 2 is 1.88 bits per heavy atom. The normalized spacial score (nSPS) is 10.7. The van der Waals surface area contributed by atoms with Crippen LogP contribution in [0.25, 0.3) is 16.9 Å². The summed E-state index contributed by atoms with van der Waals surface area (Å²) in [5.74, 6) is -0.594. The maximum atomic E-state index is 12.5. The van der Waals surface area contributed by atoms with Gasteiger partial charge >= 0.3 is 5.97 Å². The Morgan fingerprint density at radius 1 is 1.12 bits per heavy atom. The van der Waals surface area contributed by atoms with Crippen molar-refractivity contribution in [1.82, 2.24) is 25.1 Å². The molecule has 4 aromatic rings. The van der Waals surface area contributed by atoms with E-state index in [0.717, 1.165) is 22.0 Å². The molecule has 0 aliphatic rings. The summed E-state index contributed by atoms with van der Waals surface area (Å²) in [6.07, 6.45) is 4.94. The van der Waals surface area contributed by atoms with E-state index in [1.807, 2.05) is 17.5 Å². The molecule has 9 heteroatoms. The molecule has 0 bridgehead atoms. The molecule has 162 valence electrons. The fourth-order valence-corrected chi connectivity index (χ4v) is 3.88. The van der Waals surface area contributed by atoms with E-state index in [4.69, 9.17) is 4.74 Å². The molecule has 4 rings (SSSR count). The Balaban J connectivity index is 1.40. The molecule has 0 spiro atoms. The third kappa shape index (κ3) is 4.57. The number of benzene rings is 1. The molecule has 3 heterocycles. The molecule has 8 nitrogen and oxygen atoms in total. The maximum Gasteiger partial charge on any atom is 0.341 e. The molecule has 0 fully saturated rings. The average Bonchev–Trinajstić information content (AvgIpc) is 3.45. The van der Waals surface area contributed by atoms with E-state index in [-0.39, 0.29) is 5.91 Å². The lowest BCUT2D eigenvalue weighted by Crippen LogP contribution is -2.22. The second-order valence-electron chi connectivity index (χ2n) is 6.87. The maximum absolute atomic E-state index is 12.5. The second kappa shape index (κ2) is 9.52. The van der Waals surface area contributed by atoms with Crippen LogP contribution in [-0.4, -0.2) is 38.2 Å². The molecule has 32 heavy (non-hydrogen) atoms. The highest BCUT2D eigenvalue weighted by atomic mass is 32.1. The molecular weight excluding hydrogens is 426 g/mol. The SMILES string of the molecule is CCOC(=O)c1cnn(-c2ccc(C(=O)NCc3nc(-c4ccncc4)cs3)cc2)c1C. The minimum atomic E-state index is -0.401. The average molecular weight is 448 g/mol. The predicted molar refractivity (Wildman–Crippen MR) is 121 cm³/mol. The number of aromatic nitrogens is 4. The van der Waals surface area contributed by atoms with Gasteiger partial charge in [0.05, 0.1) is 36.4 Å². The third-order valence-corrected chi connectivity index (χ3v) is 5.66. The number of rotatable bonds is 7. The van der Waals surface area contributed by atoms with Crippen LogP contribution < -0.4 is 5.32 Å². The molecule has 0 unspecified atom stereocenters. The second-order valence-corrected chi connectivity index (χ2v) is 7.81. The molecule has 3 aromatic heterocycles. The minimum absolute atomic E-state index is 0.193.